The molecule has 2 heterocycles. The predicted molar refractivity (Wildman–Crippen MR) is 105 cm³/mol. The number of fused-ring (bicyclic) bond motifs is 1. The highest BCUT2D eigenvalue weighted by Crippen LogP contribution is 2.37. The fraction of sp³-hybridized carbons (Fsp3) is 0.471. The lowest BCUT2D eigenvalue weighted by Gasteiger charge is -2.40. The van der Waals surface area contributed by atoms with Gasteiger partial charge in [0, 0.05) is 0 Å². The van der Waals surface area contributed by atoms with Crippen LogP contribution in [0, 0.1) is 0 Å². The predicted octanol–water partition coefficient (Wildman–Crippen LogP) is -0.725. The van der Waals surface area contributed by atoms with Crippen LogP contribution in [0.15, 0.2) is 12.1 Å². The van der Waals surface area contributed by atoms with Crippen molar-refractivity contribution in [2.75, 3.05) is 20.1 Å². The van der Waals surface area contributed by atoms with Crippen LogP contribution in [-0.4, -0.2) is 72.2 Å². The van der Waals surface area contributed by atoms with Gasteiger partial charge < -0.3 is 35.5 Å². The standard InChI is InChI=1S/C17H22BN3O7.ClH/c1-20-11(6-13(19)22)16(23)21-7-10(8-21)27-12-3-2-9-4-5-18(26)28-15(9)14(12)17(24)25;/h2-3,10-11,20,26H,4-8H2,1H3,(H2,19,22)(H,24,25);1H/t11-;/m1./s1. The summed E-state index contributed by atoms with van der Waals surface area (Å²) in [7, 11) is 0.515. The third-order valence-corrected chi connectivity index (χ3v) is 4.83. The minimum Gasteiger partial charge on any atom is -0.535 e. The monoisotopic (exact) mass is 427 g/mol. The van der Waals surface area contributed by atoms with E-state index in [9.17, 15) is 24.5 Å². The van der Waals surface area contributed by atoms with Crippen LogP contribution in [0.2, 0.25) is 6.32 Å². The second-order valence-electron chi connectivity index (χ2n) is 6.84. The van der Waals surface area contributed by atoms with Crippen LogP contribution in [0.3, 0.4) is 0 Å². The van der Waals surface area contributed by atoms with Crippen molar-refractivity contribution < 1.29 is 33.9 Å². The molecule has 3 rings (SSSR count). The van der Waals surface area contributed by atoms with Gasteiger partial charge in [-0.15, -0.1) is 12.4 Å². The van der Waals surface area contributed by atoms with E-state index in [2.05, 4.69) is 5.32 Å². The zero-order chi connectivity index (χ0) is 20.4. The molecule has 1 saturated heterocycles. The minimum absolute atomic E-state index is 0. The molecule has 0 bridgehead atoms. The molecule has 158 valence electrons. The SMILES string of the molecule is CN[C@H](CC(N)=O)C(=O)N1CC(Oc2ccc3c(c2C(=O)O)OB(O)CC3)C1.Cl. The van der Waals surface area contributed by atoms with Gasteiger partial charge in [0.2, 0.25) is 11.8 Å². The van der Waals surface area contributed by atoms with Gasteiger partial charge >= 0.3 is 13.1 Å². The third kappa shape index (κ3) is 4.92. The number of carbonyl (C=O) groups is 3. The van der Waals surface area contributed by atoms with Crippen molar-refractivity contribution in [3.8, 4) is 11.5 Å². The van der Waals surface area contributed by atoms with Crippen molar-refractivity contribution in [3.05, 3.63) is 23.3 Å². The van der Waals surface area contributed by atoms with E-state index in [4.69, 9.17) is 15.1 Å². The zero-order valence-electron chi connectivity index (χ0n) is 15.8. The molecule has 29 heavy (non-hydrogen) atoms. The highest BCUT2D eigenvalue weighted by Gasteiger charge is 2.37. The smallest absolute Gasteiger partial charge is 0.522 e. The number of nitrogens with two attached hydrogens (primary N) is 1. The van der Waals surface area contributed by atoms with Gasteiger partial charge in [0.05, 0.1) is 25.6 Å². The molecule has 1 atom stereocenters. The molecule has 12 heteroatoms. The van der Waals surface area contributed by atoms with Crippen LogP contribution in [0.25, 0.3) is 0 Å². The fourth-order valence-electron chi connectivity index (χ4n) is 3.32. The molecule has 1 fully saturated rings. The van der Waals surface area contributed by atoms with Gasteiger partial charge in [-0.2, -0.15) is 0 Å². The van der Waals surface area contributed by atoms with E-state index in [1.54, 1.807) is 19.2 Å². The third-order valence-electron chi connectivity index (χ3n) is 4.83. The molecular weight excluding hydrogens is 404 g/mol. The molecule has 0 spiro atoms. The first-order valence-electron chi connectivity index (χ1n) is 8.95. The number of carboxylic acid groups (broad SMARTS) is 1. The number of amides is 2. The lowest BCUT2D eigenvalue weighted by atomic mass is 9.78. The summed E-state index contributed by atoms with van der Waals surface area (Å²) >= 11 is 0. The molecule has 1 aromatic rings. The van der Waals surface area contributed by atoms with Crippen molar-refractivity contribution in [3.63, 3.8) is 0 Å². The van der Waals surface area contributed by atoms with E-state index < -0.39 is 25.0 Å². The minimum atomic E-state index is -1.22. The number of nitrogens with zero attached hydrogens (tertiary/aromatic N) is 1. The Bertz CT molecular complexity index is 803. The number of rotatable bonds is 7. The quantitative estimate of drug-likeness (QED) is 0.416. The summed E-state index contributed by atoms with van der Waals surface area (Å²) < 4.78 is 11.1. The maximum Gasteiger partial charge on any atom is 0.522 e. The summed E-state index contributed by atoms with van der Waals surface area (Å²) in [5, 5.41) is 22.0. The van der Waals surface area contributed by atoms with Crippen molar-refractivity contribution in [2.24, 2.45) is 5.73 Å². The second kappa shape index (κ2) is 9.34. The number of likely N-dealkylation sites (tertiary alicyclic amines) is 1. The molecule has 5 N–H and O–H groups in total. The second-order valence-corrected chi connectivity index (χ2v) is 6.84. The van der Waals surface area contributed by atoms with Crippen LogP contribution in [-0.2, 0) is 16.0 Å². The molecule has 1 aromatic carbocycles. The highest BCUT2D eigenvalue weighted by molar-refractivity contribution is 6.44. The number of nitrogens with one attached hydrogen (secondary N) is 1. The molecule has 0 radical (unpaired) electrons. The summed E-state index contributed by atoms with van der Waals surface area (Å²) in [6.45, 7) is 0.519. The number of halogens is 1. The summed E-state index contributed by atoms with van der Waals surface area (Å²) in [5.41, 5.74) is 5.71. The number of carbonyl (C=O) groups excluding carboxylic acids is 2. The molecular formula is C17H23BClN3O7. The summed E-state index contributed by atoms with van der Waals surface area (Å²) in [6.07, 6.45) is 0.405. The maximum atomic E-state index is 12.4. The summed E-state index contributed by atoms with van der Waals surface area (Å²) in [4.78, 5) is 36.6. The number of hydrogen-bond acceptors (Lipinski definition) is 7. The van der Waals surface area contributed by atoms with Crippen molar-refractivity contribution in [1.82, 2.24) is 10.2 Å². The Morgan fingerprint density at radius 1 is 1.41 bits per heavy atom. The summed E-state index contributed by atoms with van der Waals surface area (Å²) in [5.74, 6) is -1.82. The lowest BCUT2D eigenvalue weighted by molar-refractivity contribution is -0.143. The average Bonchev–Trinajstić information content (AvgIpc) is 2.60. The normalized spacial score (nSPS) is 16.6. The molecule has 2 aliphatic heterocycles. The van der Waals surface area contributed by atoms with Crippen LogP contribution >= 0.6 is 12.4 Å². The number of ether oxygens (including phenoxy) is 1. The Morgan fingerprint density at radius 3 is 2.69 bits per heavy atom. The van der Waals surface area contributed by atoms with Gasteiger partial charge in [0.15, 0.2) is 0 Å². The number of hydrogen-bond donors (Lipinski definition) is 4. The first kappa shape index (κ1) is 22.8. The molecule has 0 saturated carbocycles. The Balaban J connectivity index is 0.00000300. The average molecular weight is 428 g/mol. The molecule has 0 aliphatic carbocycles. The lowest BCUT2D eigenvalue weighted by Crippen LogP contribution is -2.60. The number of benzene rings is 1. The first-order chi connectivity index (χ1) is 13.3. The Kier molecular flexibility index (Phi) is 7.34. The molecule has 0 unspecified atom stereocenters. The van der Waals surface area contributed by atoms with Gasteiger partial charge in [-0.25, -0.2) is 4.79 Å². The number of aromatic carboxylic acids is 1. The van der Waals surface area contributed by atoms with E-state index in [-0.39, 0.29) is 61.0 Å². The van der Waals surface area contributed by atoms with E-state index in [0.717, 1.165) is 0 Å². The summed E-state index contributed by atoms with van der Waals surface area (Å²) in [6, 6.07) is 2.58. The van der Waals surface area contributed by atoms with Crippen LogP contribution < -0.4 is 20.4 Å². The number of likely N-dealkylation sites (N-methyl/N-ethyl adjacent to an activating group) is 1. The fourth-order valence-corrected chi connectivity index (χ4v) is 3.32. The van der Waals surface area contributed by atoms with Crippen molar-refractivity contribution in [2.45, 2.75) is 31.3 Å². The molecule has 2 amide bonds. The Hall–Kier alpha value is -2.50. The van der Waals surface area contributed by atoms with Gasteiger partial charge in [-0.05, 0) is 31.4 Å². The van der Waals surface area contributed by atoms with Crippen LogP contribution in [0.5, 0.6) is 11.5 Å². The van der Waals surface area contributed by atoms with E-state index in [1.807, 2.05) is 0 Å². The molecule has 0 aromatic heterocycles. The molecule has 2 aliphatic rings. The van der Waals surface area contributed by atoms with Gasteiger partial charge in [-0.1, -0.05) is 6.07 Å². The molecule has 10 nitrogen and oxygen atoms in total. The highest BCUT2D eigenvalue weighted by atomic mass is 35.5. The number of carboxylic acids is 1. The van der Waals surface area contributed by atoms with Crippen molar-refractivity contribution in [1.29, 1.82) is 0 Å². The van der Waals surface area contributed by atoms with Gasteiger partial charge in [-0.3, -0.25) is 9.59 Å². The van der Waals surface area contributed by atoms with Crippen LogP contribution in [0.4, 0.5) is 0 Å². The van der Waals surface area contributed by atoms with E-state index in [1.165, 1.54) is 4.90 Å². The Labute approximate surface area is 173 Å². The Morgan fingerprint density at radius 2 is 2.10 bits per heavy atom. The number of aryl methyl sites for hydroxylation is 1. The maximum absolute atomic E-state index is 12.4. The van der Waals surface area contributed by atoms with Crippen LogP contribution in [0.1, 0.15) is 22.3 Å². The number of primary amides is 1. The van der Waals surface area contributed by atoms with Gasteiger partial charge in [0.25, 0.3) is 0 Å². The van der Waals surface area contributed by atoms with Crippen molar-refractivity contribution >= 4 is 37.3 Å². The topological polar surface area (TPSA) is 151 Å². The van der Waals surface area contributed by atoms with Gasteiger partial charge in [0.1, 0.15) is 23.2 Å². The van der Waals surface area contributed by atoms with E-state index >= 15 is 0 Å². The largest absolute Gasteiger partial charge is 0.535 e. The zero-order valence-corrected chi connectivity index (χ0v) is 16.6. The van der Waals surface area contributed by atoms with E-state index in [0.29, 0.717) is 18.3 Å². The first-order valence-corrected chi connectivity index (χ1v) is 8.95.